The fraction of sp³-hybridized carbons (Fsp3) is 0.417. The minimum absolute atomic E-state index is 0.0837. The van der Waals surface area contributed by atoms with Crippen molar-refractivity contribution < 1.29 is 4.79 Å². The van der Waals surface area contributed by atoms with Crippen molar-refractivity contribution in [2.24, 2.45) is 5.73 Å². The summed E-state index contributed by atoms with van der Waals surface area (Å²) in [5.41, 5.74) is 6.54. The zero-order chi connectivity index (χ0) is 11.8. The van der Waals surface area contributed by atoms with Crippen molar-refractivity contribution in [2.45, 2.75) is 19.3 Å². The highest BCUT2D eigenvalue weighted by atomic mass is 79.9. The molecule has 1 aromatic rings. The van der Waals surface area contributed by atoms with Crippen molar-refractivity contribution >= 4 is 21.8 Å². The molecule has 0 saturated heterocycles. The Labute approximate surface area is 105 Å². The zero-order valence-corrected chi connectivity index (χ0v) is 10.8. The van der Waals surface area contributed by atoms with Gasteiger partial charge in [0.15, 0.2) is 0 Å². The molecule has 0 aliphatic rings. The minimum Gasteiger partial charge on any atom is -0.356 e. The number of nitrogens with two attached hydrogens (primary N) is 1. The third-order valence-electron chi connectivity index (χ3n) is 2.23. The maximum absolute atomic E-state index is 11.3. The van der Waals surface area contributed by atoms with Gasteiger partial charge in [-0.1, -0.05) is 28.1 Å². The highest BCUT2D eigenvalue weighted by Crippen LogP contribution is 2.11. The van der Waals surface area contributed by atoms with Gasteiger partial charge in [0, 0.05) is 17.4 Å². The smallest absolute Gasteiger partial charge is 0.220 e. The topological polar surface area (TPSA) is 55.1 Å². The maximum Gasteiger partial charge on any atom is 0.220 e. The molecule has 0 unspecified atom stereocenters. The predicted molar refractivity (Wildman–Crippen MR) is 69.1 cm³/mol. The van der Waals surface area contributed by atoms with E-state index in [1.165, 1.54) is 5.56 Å². The molecular weight excluding hydrogens is 268 g/mol. The van der Waals surface area contributed by atoms with Gasteiger partial charge in [-0.05, 0) is 37.1 Å². The summed E-state index contributed by atoms with van der Waals surface area (Å²) in [4.78, 5) is 11.3. The van der Waals surface area contributed by atoms with Gasteiger partial charge in [0.25, 0.3) is 0 Å². The number of carbonyl (C=O) groups is 1. The number of benzene rings is 1. The van der Waals surface area contributed by atoms with Crippen LogP contribution in [0.5, 0.6) is 0 Å². The molecule has 1 rings (SSSR count). The molecule has 88 valence electrons. The SMILES string of the molecule is NCCCC(=O)NCCc1cccc(Br)c1. The van der Waals surface area contributed by atoms with Gasteiger partial charge in [-0.3, -0.25) is 4.79 Å². The molecule has 0 aromatic heterocycles. The summed E-state index contributed by atoms with van der Waals surface area (Å²) in [5, 5.41) is 2.88. The summed E-state index contributed by atoms with van der Waals surface area (Å²) < 4.78 is 1.07. The second kappa shape index (κ2) is 7.41. The van der Waals surface area contributed by atoms with E-state index in [1.807, 2.05) is 12.1 Å². The number of hydrogen-bond acceptors (Lipinski definition) is 2. The second-order valence-corrected chi connectivity index (χ2v) is 4.54. The average Bonchev–Trinajstić information content (AvgIpc) is 2.26. The Balaban J connectivity index is 2.22. The Morgan fingerprint density at radius 1 is 1.44 bits per heavy atom. The summed E-state index contributed by atoms with van der Waals surface area (Å²) in [6.45, 7) is 1.25. The van der Waals surface area contributed by atoms with Gasteiger partial charge in [0.2, 0.25) is 5.91 Å². The van der Waals surface area contributed by atoms with Gasteiger partial charge >= 0.3 is 0 Å². The van der Waals surface area contributed by atoms with Crippen molar-refractivity contribution in [3.63, 3.8) is 0 Å². The molecule has 0 spiro atoms. The van der Waals surface area contributed by atoms with E-state index in [-0.39, 0.29) is 5.91 Å². The molecule has 0 fully saturated rings. The van der Waals surface area contributed by atoms with Gasteiger partial charge in [0.05, 0.1) is 0 Å². The third-order valence-corrected chi connectivity index (χ3v) is 2.73. The molecule has 4 heteroatoms. The second-order valence-electron chi connectivity index (χ2n) is 3.62. The lowest BCUT2D eigenvalue weighted by Crippen LogP contribution is -2.25. The van der Waals surface area contributed by atoms with E-state index in [4.69, 9.17) is 5.73 Å². The average molecular weight is 285 g/mol. The van der Waals surface area contributed by atoms with Crippen LogP contribution in [0.3, 0.4) is 0 Å². The van der Waals surface area contributed by atoms with Crippen molar-refractivity contribution in [3.05, 3.63) is 34.3 Å². The van der Waals surface area contributed by atoms with Crippen LogP contribution >= 0.6 is 15.9 Å². The molecule has 0 radical (unpaired) electrons. The quantitative estimate of drug-likeness (QED) is 0.838. The number of carbonyl (C=O) groups excluding carboxylic acids is 1. The van der Waals surface area contributed by atoms with Gasteiger partial charge in [0.1, 0.15) is 0 Å². The first kappa shape index (κ1) is 13.2. The van der Waals surface area contributed by atoms with E-state index in [2.05, 4.69) is 33.4 Å². The summed E-state index contributed by atoms with van der Waals surface area (Å²) in [5.74, 6) is 0.0837. The third kappa shape index (κ3) is 5.28. The first-order valence-electron chi connectivity index (χ1n) is 5.43. The normalized spacial score (nSPS) is 10.1. The standard InChI is InChI=1S/C12H17BrN2O/c13-11-4-1-3-10(9-11)6-8-15-12(16)5-2-7-14/h1,3-4,9H,2,5-8,14H2,(H,15,16). The summed E-state index contributed by atoms with van der Waals surface area (Å²) in [6.07, 6.45) is 2.13. The van der Waals surface area contributed by atoms with E-state index in [0.717, 1.165) is 17.3 Å². The Morgan fingerprint density at radius 3 is 2.94 bits per heavy atom. The summed E-state index contributed by atoms with van der Waals surface area (Å²) >= 11 is 3.42. The van der Waals surface area contributed by atoms with E-state index in [9.17, 15) is 4.79 Å². The number of amides is 1. The van der Waals surface area contributed by atoms with Crippen molar-refractivity contribution in [1.29, 1.82) is 0 Å². The molecule has 0 atom stereocenters. The van der Waals surface area contributed by atoms with Crippen molar-refractivity contribution in [3.8, 4) is 0 Å². The lowest BCUT2D eigenvalue weighted by molar-refractivity contribution is -0.121. The molecule has 16 heavy (non-hydrogen) atoms. The van der Waals surface area contributed by atoms with E-state index < -0.39 is 0 Å². The van der Waals surface area contributed by atoms with E-state index in [0.29, 0.717) is 19.5 Å². The molecular formula is C12H17BrN2O. The van der Waals surface area contributed by atoms with E-state index >= 15 is 0 Å². The highest BCUT2D eigenvalue weighted by Gasteiger charge is 1.99. The first-order chi connectivity index (χ1) is 7.72. The molecule has 3 N–H and O–H groups in total. The maximum atomic E-state index is 11.3. The van der Waals surface area contributed by atoms with Gasteiger partial charge < -0.3 is 11.1 Å². The Bertz CT molecular complexity index is 342. The number of hydrogen-bond donors (Lipinski definition) is 2. The fourth-order valence-corrected chi connectivity index (χ4v) is 1.84. The molecule has 3 nitrogen and oxygen atoms in total. The van der Waals surface area contributed by atoms with Crippen LogP contribution in [0.25, 0.3) is 0 Å². The number of halogens is 1. The van der Waals surface area contributed by atoms with Crippen LogP contribution in [-0.4, -0.2) is 19.0 Å². The molecule has 0 bridgehead atoms. The largest absolute Gasteiger partial charge is 0.356 e. The number of rotatable bonds is 6. The van der Waals surface area contributed by atoms with Crippen LogP contribution in [0.15, 0.2) is 28.7 Å². The molecule has 0 saturated carbocycles. The predicted octanol–water partition coefficient (Wildman–Crippen LogP) is 1.85. The van der Waals surface area contributed by atoms with Crippen LogP contribution in [0.1, 0.15) is 18.4 Å². The van der Waals surface area contributed by atoms with Crippen LogP contribution in [0.4, 0.5) is 0 Å². The fourth-order valence-electron chi connectivity index (χ4n) is 1.39. The Morgan fingerprint density at radius 2 is 2.25 bits per heavy atom. The highest BCUT2D eigenvalue weighted by molar-refractivity contribution is 9.10. The van der Waals surface area contributed by atoms with E-state index in [1.54, 1.807) is 0 Å². The van der Waals surface area contributed by atoms with Gasteiger partial charge in [-0.25, -0.2) is 0 Å². The molecule has 1 aromatic carbocycles. The van der Waals surface area contributed by atoms with Crippen LogP contribution in [0.2, 0.25) is 0 Å². The van der Waals surface area contributed by atoms with Crippen molar-refractivity contribution in [1.82, 2.24) is 5.32 Å². The summed E-state index contributed by atoms with van der Waals surface area (Å²) in [6, 6.07) is 8.10. The summed E-state index contributed by atoms with van der Waals surface area (Å²) in [7, 11) is 0. The van der Waals surface area contributed by atoms with Crippen LogP contribution < -0.4 is 11.1 Å². The minimum atomic E-state index is 0.0837. The monoisotopic (exact) mass is 284 g/mol. The Hall–Kier alpha value is -0.870. The Kier molecular flexibility index (Phi) is 6.11. The lowest BCUT2D eigenvalue weighted by Gasteiger charge is -2.05. The van der Waals surface area contributed by atoms with Crippen LogP contribution in [-0.2, 0) is 11.2 Å². The molecule has 0 aliphatic heterocycles. The first-order valence-corrected chi connectivity index (χ1v) is 6.23. The van der Waals surface area contributed by atoms with Crippen molar-refractivity contribution in [2.75, 3.05) is 13.1 Å². The zero-order valence-electron chi connectivity index (χ0n) is 9.21. The lowest BCUT2D eigenvalue weighted by atomic mass is 10.1. The molecule has 0 heterocycles. The molecule has 1 amide bonds. The van der Waals surface area contributed by atoms with Gasteiger partial charge in [-0.2, -0.15) is 0 Å². The van der Waals surface area contributed by atoms with Crippen LogP contribution in [0, 0.1) is 0 Å². The molecule has 0 aliphatic carbocycles. The number of nitrogens with one attached hydrogen (secondary N) is 1. The van der Waals surface area contributed by atoms with Gasteiger partial charge in [-0.15, -0.1) is 0 Å².